The highest BCUT2D eigenvalue weighted by Crippen LogP contribution is 2.22. The second-order valence-electron chi connectivity index (χ2n) is 8.43. The van der Waals surface area contributed by atoms with Crippen molar-refractivity contribution < 1.29 is 14.3 Å². The summed E-state index contributed by atoms with van der Waals surface area (Å²) >= 11 is 5.93. The van der Waals surface area contributed by atoms with E-state index < -0.39 is 0 Å². The van der Waals surface area contributed by atoms with Gasteiger partial charge in [0.15, 0.2) is 0 Å². The van der Waals surface area contributed by atoms with Gasteiger partial charge < -0.3 is 14.5 Å². The van der Waals surface area contributed by atoms with Gasteiger partial charge in [-0.1, -0.05) is 29.8 Å². The quantitative estimate of drug-likeness (QED) is 0.669. The molecule has 170 valence electrons. The number of halogens is 1. The minimum atomic E-state index is -0.118. The van der Waals surface area contributed by atoms with E-state index in [2.05, 4.69) is 4.90 Å². The highest BCUT2D eigenvalue weighted by molar-refractivity contribution is 6.30. The zero-order valence-corrected chi connectivity index (χ0v) is 19.0. The van der Waals surface area contributed by atoms with E-state index in [1.165, 1.54) is 0 Å². The summed E-state index contributed by atoms with van der Waals surface area (Å²) in [7, 11) is 0. The van der Waals surface area contributed by atoms with Crippen LogP contribution in [0.5, 0.6) is 5.75 Å². The maximum Gasteiger partial charge on any atom is 0.253 e. The number of benzene rings is 2. The lowest BCUT2D eigenvalue weighted by atomic mass is 9.95. The Bertz CT molecular complexity index is 898. The number of rotatable bonds is 6. The van der Waals surface area contributed by atoms with Crippen molar-refractivity contribution in [2.75, 3.05) is 52.4 Å². The maximum atomic E-state index is 13.1. The summed E-state index contributed by atoms with van der Waals surface area (Å²) < 4.78 is 5.79. The Hall–Kier alpha value is -2.57. The van der Waals surface area contributed by atoms with Crippen LogP contribution < -0.4 is 4.74 Å². The van der Waals surface area contributed by atoms with Gasteiger partial charge in [-0.15, -0.1) is 0 Å². The lowest BCUT2D eigenvalue weighted by Gasteiger charge is -2.39. The molecule has 0 bridgehead atoms. The van der Waals surface area contributed by atoms with Crippen molar-refractivity contribution in [3.63, 3.8) is 0 Å². The van der Waals surface area contributed by atoms with Crippen LogP contribution in [0.3, 0.4) is 0 Å². The number of amides is 2. The number of carbonyl (C=O) groups is 2. The molecule has 1 unspecified atom stereocenters. The average Bonchev–Trinajstić information content (AvgIpc) is 2.85. The minimum Gasteiger partial charge on any atom is -0.492 e. The molecule has 2 saturated heterocycles. The Morgan fingerprint density at radius 2 is 1.62 bits per heavy atom. The monoisotopic (exact) mass is 455 g/mol. The highest BCUT2D eigenvalue weighted by atomic mass is 35.5. The molecular weight excluding hydrogens is 426 g/mol. The molecule has 2 fully saturated rings. The molecule has 1 atom stereocenters. The first-order valence-corrected chi connectivity index (χ1v) is 11.7. The average molecular weight is 456 g/mol. The summed E-state index contributed by atoms with van der Waals surface area (Å²) in [5, 5.41) is 0.610. The zero-order chi connectivity index (χ0) is 22.3. The van der Waals surface area contributed by atoms with Crippen molar-refractivity contribution in [1.29, 1.82) is 0 Å². The summed E-state index contributed by atoms with van der Waals surface area (Å²) in [6.45, 7) is 5.84. The van der Waals surface area contributed by atoms with Crippen molar-refractivity contribution >= 4 is 23.4 Å². The second kappa shape index (κ2) is 10.8. The number of para-hydroxylation sites is 1. The van der Waals surface area contributed by atoms with Crippen LogP contribution in [-0.2, 0) is 4.79 Å². The topological polar surface area (TPSA) is 53.1 Å². The molecule has 0 N–H and O–H groups in total. The van der Waals surface area contributed by atoms with Gasteiger partial charge in [0.2, 0.25) is 5.91 Å². The molecule has 2 aliphatic heterocycles. The SMILES string of the molecule is O=C(c1ccc(Cl)cc1)N1CCCC(C(=O)N2CCN(CCOc3ccccc3)CC2)C1. The Morgan fingerprint density at radius 1 is 0.906 bits per heavy atom. The van der Waals surface area contributed by atoms with Gasteiger partial charge >= 0.3 is 0 Å². The fraction of sp³-hybridized carbons (Fsp3) is 0.440. The Morgan fingerprint density at radius 3 is 2.34 bits per heavy atom. The largest absolute Gasteiger partial charge is 0.492 e. The van der Waals surface area contributed by atoms with Crippen molar-refractivity contribution in [3.05, 3.63) is 65.2 Å². The number of hydrogen-bond acceptors (Lipinski definition) is 4. The number of piperazine rings is 1. The van der Waals surface area contributed by atoms with E-state index in [0.29, 0.717) is 30.3 Å². The van der Waals surface area contributed by atoms with Gasteiger partial charge in [-0.25, -0.2) is 0 Å². The van der Waals surface area contributed by atoms with Crippen LogP contribution in [-0.4, -0.2) is 78.9 Å². The molecule has 0 aliphatic carbocycles. The highest BCUT2D eigenvalue weighted by Gasteiger charge is 2.32. The Labute approximate surface area is 194 Å². The fourth-order valence-electron chi connectivity index (χ4n) is 4.40. The molecule has 2 aromatic carbocycles. The Balaban J connectivity index is 1.23. The van der Waals surface area contributed by atoms with Crippen LogP contribution in [0.25, 0.3) is 0 Å². The molecule has 2 aromatic rings. The maximum absolute atomic E-state index is 13.1. The minimum absolute atomic E-state index is 0.0256. The molecular formula is C25H30ClN3O3. The van der Waals surface area contributed by atoms with Crippen molar-refractivity contribution in [3.8, 4) is 5.75 Å². The number of ether oxygens (including phenoxy) is 1. The van der Waals surface area contributed by atoms with Crippen molar-refractivity contribution in [2.45, 2.75) is 12.8 Å². The predicted octanol–water partition coefficient (Wildman–Crippen LogP) is 3.42. The van der Waals surface area contributed by atoms with Gasteiger partial charge in [-0.3, -0.25) is 14.5 Å². The standard InChI is InChI=1S/C25H30ClN3O3/c26-22-10-8-20(9-11-22)24(30)29-12-4-5-21(19-29)25(31)28-15-13-27(14-16-28)17-18-32-23-6-2-1-3-7-23/h1-3,6-11,21H,4-5,12-19H2. The molecule has 2 amide bonds. The normalized spacial score (nSPS) is 19.6. The number of piperidine rings is 1. The van der Waals surface area contributed by atoms with E-state index in [1.54, 1.807) is 24.3 Å². The van der Waals surface area contributed by atoms with Gasteiger partial charge in [-0.05, 0) is 49.2 Å². The van der Waals surface area contributed by atoms with Crippen LogP contribution >= 0.6 is 11.6 Å². The molecule has 6 nitrogen and oxygen atoms in total. The molecule has 7 heteroatoms. The summed E-state index contributed by atoms with van der Waals surface area (Å²) in [6, 6.07) is 16.8. The molecule has 2 aliphatic rings. The molecule has 32 heavy (non-hydrogen) atoms. The van der Waals surface area contributed by atoms with Crippen LogP contribution in [0, 0.1) is 5.92 Å². The zero-order valence-electron chi connectivity index (χ0n) is 18.3. The first-order valence-electron chi connectivity index (χ1n) is 11.3. The lowest BCUT2D eigenvalue weighted by molar-refractivity contribution is -0.138. The van der Waals surface area contributed by atoms with E-state index in [1.807, 2.05) is 40.1 Å². The smallest absolute Gasteiger partial charge is 0.253 e. The van der Waals surface area contributed by atoms with Crippen LogP contribution in [0.4, 0.5) is 0 Å². The van der Waals surface area contributed by atoms with Crippen molar-refractivity contribution in [2.24, 2.45) is 5.92 Å². The van der Waals surface area contributed by atoms with E-state index in [-0.39, 0.29) is 17.7 Å². The van der Waals surface area contributed by atoms with Crippen molar-refractivity contribution in [1.82, 2.24) is 14.7 Å². The number of nitrogens with zero attached hydrogens (tertiary/aromatic N) is 3. The van der Waals surface area contributed by atoms with Gasteiger partial charge in [0, 0.05) is 56.4 Å². The van der Waals surface area contributed by atoms with Gasteiger partial charge in [0.05, 0.1) is 5.92 Å². The van der Waals surface area contributed by atoms with Crippen LogP contribution in [0.2, 0.25) is 5.02 Å². The van der Waals surface area contributed by atoms with E-state index in [4.69, 9.17) is 16.3 Å². The summed E-state index contributed by atoms with van der Waals surface area (Å²) in [5.74, 6) is 0.922. The third kappa shape index (κ3) is 5.81. The van der Waals surface area contributed by atoms with E-state index in [9.17, 15) is 9.59 Å². The number of hydrogen-bond donors (Lipinski definition) is 0. The summed E-state index contributed by atoms with van der Waals surface area (Å²) in [5.41, 5.74) is 0.619. The van der Waals surface area contributed by atoms with Gasteiger partial charge in [-0.2, -0.15) is 0 Å². The second-order valence-corrected chi connectivity index (χ2v) is 8.86. The lowest BCUT2D eigenvalue weighted by Crippen LogP contribution is -2.53. The predicted molar refractivity (Wildman–Crippen MR) is 125 cm³/mol. The third-order valence-corrected chi connectivity index (χ3v) is 6.50. The molecule has 0 saturated carbocycles. The third-order valence-electron chi connectivity index (χ3n) is 6.25. The molecule has 0 spiro atoms. The van der Waals surface area contributed by atoms with E-state index in [0.717, 1.165) is 51.3 Å². The first kappa shape index (κ1) is 22.6. The van der Waals surface area contributed by atoms with Gasteiger partial charge in [0.1, 0.15) is 12.4 Å². The van der Waals surface area contributed by atoms with Crippen LogP contribution in [0.15, 0.2) is 54.6 Å². The van der Waals surface area contributed by atoms with Gasteiger partial charge in [0.25, 0.3) is 5.91 Å². The number of carbonyl (C=O) groups excluding carboxylic acids is 2. The summed E-state index contributed by atoms with van der Waals surface area (Å²) in [4.78, 5) is 32.1. The fourth-order valence-corrected chi connectivity index (χ4v) is 4.52. The molecule has 2 heterocycles. The Kier molecular flexibility index (Phi) is 7.66. The number of likely N-dealkylation sites (tertiary alicyclic amines) is 1. The van der Waals surface area contributed by atoms with Crippen LogP contribution in [0.1, 0.15) is 23.2 Å². The molecule has 4 rings (SSSR count). The van der Waals surface area contributed by atoms with E-state index >= 15 is 0 Å². The molecule has 0 radical (unpaired) electrons. The molecule has 0 aromatic heterocycles. The first-order chi connectivity index (χ1) is 15.6. The summed E-state index contributed by atoms with van der Waals surface area (Å²) in [6.07, 6.45) is 1.70.